The molecule has 1 aromatic rings. The zero-order valence-electron chi connectivity index (χ0n) is 16.5. The maximum Gasteiger partial charge on any atom is 0.292 e. The highest BCUT2D eigenvalue weighted by Gasteiger charge is 2.58. The summed E-state index contributed by atoms with van der Waals surface area (Å²) in [4.78, 5) is 27.5. The van der Waals surface area contributed by atoms with E-state index in [-0.39, 0.29) is 53.0 Å². The molecule has 8 nitrogen and oxygen atoms in total. The summed E-state index contributed by atoms with van der Waals surface area (Å²) in [5.74, 6) is 1.90. The maximum atomic E-state index is 12.9. The fourth-order valence-corrected chi connectivity index (χ4v) is 5.18. The second-order valence-electron chi connectivity index (χ2n) is 8.35. The Morgan fingerprint density at radius 1 is 1.45 bits per heavy atom. The summed E-state index contributed by atoms with van der Waals surface area (Å²) in [5, 5.41) is 22.4. The quantitative estimate of drug-likeness (QED) is 0.464. The molecular weight excluding hydrogens is 374 g/mol. The third-order valence-corrected chi connectivity index (χ3v) is 6.56. The summed E-state index contributed by atoms with van der Waals surface area (Å²) in [6, 6.07) is 5.18. The van der Waals surface area contributed by atoms with Gasteiger partial charge in [-0.15, -0.1) is 6.42 Å². The molecule has 1 N–H and O–H groups in total. The van der Waals surface area contributed by atoms with Gasteiger partial charge in [0, 0.05) is 38.0 Å². The van der Waals surface area contributed by atoms with Crippen LogP contribution in [0.25, 0.3) is 0 Å². The molecule has 154 valence electrons. The molecule has 1 aromatic carbocycles. The molecule has 2 bridgehead atoms. The van der Waals surface area contributed by atoms with Gasteiger partial charge in [0.15, 0.2) is 0 Å². The van der Waals surface area contributed by atoms with Crippen LogP contribution in [0.4, 0.5) is 11.4 Å². The number of nitro benzene ring substituents is 1. The number of hydrogen-bond acceptors (Lipinski definition) is 6. The molecule has 3 aliphatic rings. The molecule has 8 heteroatoms. The van der Waals surface area contributed by atoms with Crippen molar-refractivity contribution in [3.8, 4) is 12.3 Å². The first-order valence-electron chi connectivity index (χ1n) is 9.83. The molecular formula is C21H25N3O5. The molecule has 4 rings (SSSR count). The highest BCUT2D eigenvalue weighted by molar-refractivity contribution is 5.80. The lowest BCUT2D eigenvalue weighted by Crippen LogP contribution is -2.47. The first-order valence-corrected chi connectivity index (χ1v) is 9.83. The van der Waals surface area contributed by atoms with Crippen molar-refractivity contribution < 1.29 is 19.6 Å². The van der Waals surface area contributed by atoms with Crippen molar-refractivity contribution in [3.05, 3.63) is 33.9 Å². The van der Waals surface area contributed by atoms with Crippen LogP contribution in [0.1, 0.15) is 12.0 Å². The van der Waals surface area contributed by atoms with E-state index in [1.165, 1.54) is 4.90 Å². The van der Waals surface area contributed by atoms with Gasteiger partial charge >= 0.3 is 0 Å². The van der Waals surface area contributed by atoms with Crippen molar-refractivity contribution in [1.29, 1.82) is 0 Å². The van der Waals surface area contributed by atoms with Crippen LogP contribution in [0, 0.1) is 47.1 Å². The first kappa shape index (κ1) is 19.7. The van der Waals surface area contributed by atoms with E-state index in [4.69, 9.17) is 11.2 Å². The molecule has 3 aliphatic heterocycles. The Bertz CT molecular complexity index is 882. The van der Waals surface area contributed by atoms with Crippen LogP contribution >= 0.6 is 0 Å². The van der Waals surface area contributed by atoms with Gasteiger partial charge in [0.05, 0.1) is 35.7 Å². The molecule has 3 fully saturated rings. The number of benzene rings is 1. The van der Waals surface area contributed by atoms with E-state index in [0.717, 1.165) is 5.56 Å². The van der Waals surface area contributed by atoms with Gasteiger partial charge in [-0.2, -0.15) is 0 Å². The van der Waals surface area contributed by atoms with Gasteiger partial charge in [-0.25, -0.2) is 0 Å². The minimum atomic E-state index is -0.693. The first-order chi connectivity index (χ1) is 13.8. The lowest BCUT2D eigenvalue weighted by atomic mass is 9.83. The lowest BCUT2D eigenvalue weighted by Gasteiger charge is -2.36. The number of hydrogen-bond donors (Lipinski definition) is 1. The summed E-state index contributed by atoms with van der Waals surface area (Å²) in [6.07, 6.45) is 4.43. The van der Waals surface area contributed by atoms with E-state index < -0.39 is 6.10 Å². The number of carbonyl (C=O) groups is 1. The number of amides is 1. The third-order valence-electron chi connectivity index (χ3n) is 6.56. The van der Waals surface area contributed by atoms with Gasteiger partial charge in [-0.3, -0.25) is 14.9 Å². The van der Waals surface area contributed by atoms with Crippen molar-refractivity contribution >= 4 is 17.3 Å². The van der Waals surface area contributed by atoms with Crippen LogP contribution in [0.5, 0.6) is 0 Å². The number of aryl methyl sites for hydroxylation is 1. The Labute approximate surface area is 169 Å². The SMILES string of the molecule is C#CCN(C)C(=O)C1C[C@@H]2O[C@H]1[C@H]1CN(c3ccc(C)cc3[N+](=O)[O-])C[C@H]1[C@@H]2O. The van der Waals surface area contributed by atoms with Crippen LogP contribution < -0.4 is 4.90 Å². The van der Waals surface area contributed by atoms with Crippen molar-refractivity contribution in [1.82, 2.24) is 4.90 Å². The maximum absolute atomic E-state index is 12.9. The van der Waals surface area contributed by atoms with Crippen molar-refractivity contribution in [2.45, 2.75) is 31.7 Å². The number of nitrogens with zero attached hydrogens (tertiary/aromatic N) is 3. The van der Waals surface area contributed by atoms with Crippen LogP contribution in [0.2, 0.25) is 0 Å². The summed E-state index contributed by atoms with van der Waals surface area (Å²) in [7, 11) is 1.68. The van der Waals surface area contributed by atoms with E-state index in [9.17, 15) is 20.0 Å². The largest absolute Gasteiger partial charge is 0.390 e. The average molecular weight is 399 g/mol. The lowest BCUT2D eigenvalue weighted by molar-refractivity contribution is -0.384. The highest BCUT2D eigenvalue weighted by Crippen LogP contribution is 2.48. The standard InChI is InChI=1S/C21H25N3O5/c1-4-7-22(3)21(26)13-9-18-19(25)14-10-23(11-15(14)20(13)29-18)16-6-5-12(2)8-17(16)24(27)28/h1,5-6,8,13-15,18-20,25H,7,9-11H2,2-3H3/t13?,14-,15+,18+,19+,20-/m1/s1. The smallest absolute Gasteiger partial charge is 0.292 e. The van der Waals surface area contributed by atoms with E-state index >= 15 is 0 Å². The molecule has 3 saturated heterocycles. The van der Waals surface area contributed by atoms with E-state index in [1.807, 2.05) is 17.9 Å². The number of aliphatic hydroxyl groups excluding tert-OH is 1. The van der Waals surface area contributed by atoms with Crippen molar-refractivity contribution in [2.24, 2.45) is 17.8 Å². The van der Waals surface area contributed by atoms with Crippen LogP contribution in [0.15, 0.2) is 18.2 Å². The fourth-order valence-electron chi connectivity index (χ4n) is 5.18. The molecule has 1 amide bonds. The van der Waals surface area contributed by atoms with E-state index in [2.05, 4.69) is 5.92 Å². The van der Waals surface area contributed by atoms with E-state index in [0.29, 0.717) is 25.2 Å². The van der Waals surface area contributed by atoms with Crippen LogP contribution in [-0.2, 0) is 9.53 Å². The minimum Gasteiger partial charge on any atom is -0.390 e. The predicted octanol–water partition coefficient (Wildman–Crippen LogP) is 1.20. The monoisotopic (exact) mass is 399 g/mol. The molecule has 0 radical (unpaired) electrons. The van der Waals surface area contributed by atoms with Crippen molar-refractivity contribution in [2.75, 3.05) is 31.6 Å². The Balaban J connectivity index is 1.60. The number of rotatable bonds is 4. The number of fused-ring (bicyclic) bond motifs is 4. The second-order valence-corrected chi connectivity index (χ2v) is 8.35. The van der Waals surface area contributed by atoms with Crippen LogP contribution in [0.3, 0.4) is 0 Å². The zero-order valence-corrected chi connectivity index (χ0v) is 16.5. The number of anilines is 1. The summed E-state index contributed by atoms with van der Waals surface area (Å²) < 4.78 is 6.06. The number of nitro groups is 1. The zero-order chi connectivity index (χ0) is 20.9. The molecule has 1 unspecified atom stereocenters. The topological polar surface area (TPSA) is 96.2 Å². The van der Waals surface area contributed by atoms with Crippen molar-refractivity contribution in [3.63, 3.8) is 0 Å². The summed E-state index contributed by atoms with van der Waals surface area (Å²) in [5.41, 5.74) is 1.43. The number of carbonyl (C=O) groups excluding carboxylic acids is 1. The second kappa shape index (κ2) is 7.32. The van der Waals surface area contributed by atoms with Gasteiger partial charge < -0.3 is 19.6 Å². The molecule has 6 atom stereocenters. The highest BCUT2D eigenvalue weighted by atomic mass is 16.6. The number of terminal acetylenes is 1. The summed E-state index contributed by atoms with van der Waals surface area (Å²) >= 11 is 0. The molecule has 0 aliphatic carbocycles. The van der Waals surface area contributed by atoms with Crippen LogP contribution in [-0.4, -0.2) is 65.8 Å². The minimum absolute atomic E-state index is 0.0607. The van der Waals surface area contributed by atoms with E-state index in [1.54, 1.807) is 19.2 Å². The molecule has 29 heavy (non-hydrogen) atoms. The predicted molar refractivity (Wildman–Crippen MR) is 106 cm³/mol. The average Bonchev–Trinajstić information content (AvgIpc) is 3.29. The molecule has 0 spiro atoms. The normalized spacial score (nSPS) is 32.6. The Kier molecular flexibility index (Phi) is 4.97. The molecule has 0 saturated carbocycles. The third kappa shape index (κ3) is 3.24. The van der Waals surface area contributed by atoms with Gasteiger partial charge in [0.2, 0.25) is 5.91 Å². The molecule has 0 aromatic heterocycles. The Hall–Kier alpha value is -2.63. The summed E-state index contributed by atoms with van der Waals surface area (Å²) in [6.45, 7) is 3.06. The fraction of sp³-hybridized carbons (Fsp3) is 0.571. The van der Waals surface area contributed by atoms with Gasteiger partial charge in [-0.1, -0.05) is 12.0 Å². The van der Waals surface area contributed by atoms with Gasteiger partial charge in [0.1, 0.15) is 5.69 Å². The Morgan fingerprint density at radius 2 is 2.17 bits per heavy atom. The Morgan fingerprint density at radius 3 is 2.86 bits per heavy atom. The van der Waals surface area contributed by atoms with Gasteiger partial charge in [-0.05, 0) is 25.0 Å². The number of aliphatic hydroxyl groups is 1. The van der Waals surface area contributed by atoms with Gasteiger partial charge in [0.25, 0.3) is 5.69 Å². The number of ether oxygens (including phenoxy) is 1. The molecule has 3 heterocycles.